The van der Waals surface area contributed by atoms with Crippen molar-refractivity contribution in [1.29, 1.82) is 0 Å². The van der Waals surface area contributed by atoms with Crippen LogP contribution in [0.1, 0.15) is 25.0 Å². The van der Waals surface area contributed by atoms with Crippen LogP contribution in [-0.2, 0) is 5.41 Å². The lowest BCUT2D eigenvalue weighted by Crippen LogP contribution is -2.15. The SMILES string of the molecule is CC1(C)c2ccccc2-c2ccc(-n3c4ccccc4c4cc(-n5c6ccccc6c6cc(-c7ccc8c(c7)c7ccccc7n8-c7ccccc7)ccc65)ccc43)cc21.c1ccc(-n2c3ccccc3c3cc(-c4ccc5c(c4)c4ccccc4n5-c4ccc5c(c4)c4ccccc4n5-c4cccc5c4oc4ccccc45)ccc32)cc1. The predicted octanol–water partition coefficient (Wildman–Crippen LogP) is 29.5. The number of hydrogen-bond donors (Lipinski definition) is 0. The van der Waals surface area contributed by atoms with Gasteiger partial charge in [0.25, 0.3) is 0 Å². The molecule has 0 saturated heterocycles. The van der Waals surface area contributed by atoms with E-state index in [4.69, 9.17) is 4.42 Å². The van der Waals surface area contributed by atoms with E-state index in [-0.39, 0.29) is 5.41 Å². The number of benzene rings is 18. The Kier molecular flexibility index (Phi) is 14.1. The van der Waals surface area contributed by atoms with Gasteiger partial charge in [0, 0.05) is 109 Å². The third kappa shape index (κ3) is 9.64. The number of para-hydroxylation sites is 10. The molecule has 1 aliphatic rings. The Labute approximate surface area is 678 Å². The summed E-state index contributed by atoms with van der Waals surface area (Å²) >= 11 is 0. The van der Waals surface area contributed by atoms with Crippen LogP contribution in [0.4, 0.5) is 0 Å². The van der Waals surface area contributed by atoms with Crippen LogP contribution in [0.25, 0.3) is 220 Å². The van der Waals surface area contributed by atoms with Crippen LogP contribution in [0, 0.1) is 0 Å². The smallest absolute Gasteiger partial charge is 0.159 e. The molecule has 0 aliphatic heterocycles. The number of aromatic nitrogens is 6. The standard InChI is InChI=1S/C57H39N3.C54H33N3O/c1-57(2)49-20-10-6-16-41(49)42-28-26-40(35-50(42)57)60-53-23-13-9-19-45(53)48-34-39(27-31-56(48)60)59-52-22-12-8-18-44(52)47-33-37(25-30-55(47)59)36-24-29-54-46(32-36)43-17-7-11-21-51(43)58(54)38-14-4-3-5-15-38;1-2-13-36(14-3-1)55-46-20-8-4-15-38(46)43-31-34(25-28-49(43)55)35-26-29-50-44(32-35)39-16-5-9-21-47(39)56(50)37-27-30-51-45(33-37)40-17-6-10-22-48(40)57(51)52-23-12-19-42-41-18-7-11-24-53(41)58-54(42)52/h3-35H,1-2H3;1-33H. The van der Waals surface area contributed by atoms with Crippen molar-refractivity contribution in [2.75, 3.05) is 0 Å². The van der Waals surface area contributed by atoms with Gasteiger partial charge in [-0.15, -0.1) is 0 Å². The molecule has 7 aromatic heterocycles. The van der Waals surface area contributed by atoms with Crippen molar-refractivity contribution in [3.8, 4) is 67.5 Å². The Hall–Kier alpha value is -15.4. The van der Waals surface area contributed by atoms with Crippen molar-refractivity contribution in [3.05, 3.63) is 412 Å². The fraction of sp³-hybridized carbons (Fsp3) is 0.0270. The Balaban J connectivity index is 0.000000132. The third-order valence-electron chi connectivity index (χ3n) is 25.7. The van der Waals surface area contributed by atoms with Gasteiger partial charge in [-0.05, 0) is 214 Å². The molecule has 0 unspecified atom stereocenters. The van der Waals surface area contributed by atoms with Gasteiger partial charge in [-0.25, -0.2) is 0 Å². The first-order valence-electron chi connectivity index (χ1n) is 40.8. The van der Waals surface area contributed by atoms with E-state index < -0.39 is 0 Å². The minimum atomic E-state index is -0.0696. The summed E-state index contributed by atoms with van der Waals surface area (Å²) in [6.45, 7) is 4.72. The van der Waals surface area contributed by atoms with Gasteiger partial charge in [-0.2, -0.15) is 0 Å². The molecule has 0 amide bonds. The number of fused-ring (bicyclic) bond motifs is 24. The Morgan fingerprint density at radius 1 is 0.186 bits per heavy atom. The van der Waals surface area contributed by atoms with Gasteiger partial charge in [0.15, 0.2) is 5.58 Å². The highest BCUT2D eigenvalue weighted by atomic mass is 16.3. The van der Waals surface area contributed by atoms with E-state index >= 15 is 0 Å². The molecular weight excluding hydrogens is 1430 g/mol. The molecule has 0 fully saturated rings. The second kappa shape index (κ2) is 25.3. The zero-order valence-electron chi connectivity index (χ0n) is 64.7. The van der Waals surface area contributed by atoms with E-state index in [9.17, 15) is 0 Å². The molecule has 1 aliphatic carbocycles. The van der Waals surface area contributed by atoms with Crippen LogP contribution in [-0.4, -0.2) is 27.4 Å². The van der Waals surface area contributed by atoms with Crippen molar-refractivity contribution >= 4 is 153 Å². The van der Waals surface area contributed by atoms with Crippen LogP contribution < -0.4 is 0 Å². The maximum absolute atomic E-state index is 6.56. The molecule has 7 nitrogen and oxygen atoms in total. The number of rotatable bonds is 8. The molecule has 0 spiro atoms. The predicted molar refractivity (Wildman–Crippen MR) is 495 cm³/mol. The average molecular weight is 1510 g/mol. The molecule has 18 aromatic carbocycles. The summed E-state index contributed by atoms with van der Waals surface area (Å²) in [5.41, 5.74) is 33.2. The molecule has 7 heterocycles. The zero-order valence-corrected chi connectivity index (χ0v) is 64.7. The van der Waals surface area contributed by atoms with Crippen LogP contribution in [0.15, 0.2) is 405 Å². The van der Waals surface area contributed by atoms with E-state index in [1.165, 1.54) is 181 Å². The fourth-order valence-electron chi connectivity index (χ4n) is 20.4. The molecule has 0 bridgehead atoms. The summed E-state index contributed by atoms with van der Waals surface area (Å²) in [7, 11) is 0. The molecule has 7 heteroatoms. The number of hydrogen-bond acceptors (Lipinski definition) is 1. The molecule has 0 saturated carbocycles. The van der Waals surface area contributed by atoms with Crippen LogP contribution in [0.2, 0.25) is 0 Å². The van der Waals surface area contributed by atoms with E-state index in [0.717, 1.165) is 50.0 Å². The van der Waals surface area contributed by atoms with Crippen molar-refractivity contribution in [2.24, 2.45) is 0 Å². The van der Waals surface area contributed by atoms with E-state index in [0.29, 0.717) is 0 Å². The lowest BCUT2D eigenvalue weighted by atomic mass is 9.82. The Morgan fingerprint density at radius 2 is 0.483 bits per heavy atom. The summed E-state index contributed by atoms with van der Waals surface area (Å²) < 4.78 is 21.0. The molecule has 0 N–H and O–H groups in total. The van der Waals surface area contributed by atoms with Gasteiger partial charge in [-0.1, -0.05) is 244 Å². The molecule has 25 aromatic rings. The van der Waals surface area contributed by atoms with Crippen molar-refractivity contribution in [1.82, 2.24) is 27.4 Å². The lowest BCUT2D eigenvalue weighted by molar-refractivity contribution is 0.660. The van der Waals surface area contributed by atoms with Crippen molar-refractivity contribution in [3.63, 3.8) is 0 Å². The summed E-state index contributed by atoms with van der Waals surface area (Å²) in [5, 5.41) is 17.2. The number of furan rings is 1. The van der Waals surface area contributed by atoms with Gasteiger partial charge in [0.05, 0.1) is 71.9 Å². The van der Waals surface area contributed by atoms with Crippen LogP contribution in [0.5, 0.6) is 0 Å². The molecule has 118 heavy (non-hydrogen) atoms. The van der Waals surface area contributed by atoms with Gasteiger partial charge < -0.3 is 31.8 Å². The molecule has 0 atom stereocenters. The van der Waals surface area contributed by atoms with Crippen LogP contribution in [0.3, 0.4) is 0 Å². The largest absolute Gasteiger partial charge is 0.454 e. The minimum absolute atomic E-state index is 0.0696. The first-order chi connectivity index (χ1) is 58.3. The first kappa shape index (κ1) is 66.0. The summed E-state index contributed by atoms with van der Waals surface area (Å²) in [5.74, 6) is 0. The second-order valence-corrected chi connectivity index (χ2v) is 32.3. The number of nitrogens with zero attached hydrogens (tertiary/aromatic N) is 6. The molecule has 26 rings (SSSR count). The van der Waals surface area contributed by atoms with Gasteiger partial charge >= 0.3 is 0 Å². The normalized spacial score (nSPS) is 12.7. The highest BCUT2D eigenvalue weighted by Gasteiger charge is 2.36. The average Bonchev–Trinajstić information content (AvgIpc) is 1.59. The minimum Gasteiger partial charge on any atom is -0.454 e. The Morgan fingerprint density at radius 3 is 0.915 bits per heavy atom. The van der Waals surface area contributed by atoms with E-state index in [1.54, 1.807) is 0 Å². The van der Waals surface area contributed by atoms with Crippen molar-refractivity contribution in [2.45, 2.75) is 19.3 Å². The zero-order chi connectivity index (χ0) is 77.6. The second-order valence-electron chi connectivity index (χ2n) is 32.3. The lowest BCUT2D eigenvalue weighted by Gasteiger charge is -2.22. The Bertz CT molecular complexity index is 8540. The summed E-state index contributed by atoms with van der Waals surface area (Å²) in [4.78, 5) is 0. The van der Waals surface area contributed by atoms with E-state index in [2.05, 4.69) is 436 Å². The third-order valence-corrected chi connectivity index (χ3v) is 25.7. The monoisotopic (exact) mass is 1500 g/mol. The maximum atomic E-state index is 6.56. The van der Waals surface area contributed by atoms with Gasteiger partial charge in [-0.3, -0.25) is 0 Å². The van der Waals surface area contributed by atoms with E-state index in [1.807, 2.05) is 6.07 Å². The summed E-state index contributed by atoms with van der Waals surface area (Å²) in [6, 6.07) is 147. The van der Waals surface area contributed by atoms with Crippen LogP contribution >= 0.6 is 0 Å². The quantitative estimate of drug-likeness (QED) is 0.149. The fourth-order valence-corrected chi connectivity index (χ4v) is 20.4. The first-order valence-corrected chi connectivity index (χ1v) is 40.8. The topological polar surface area (TPSA) is 42.7 Å². The molecule has 552 valence electrons. The highest BCUT2D eigenvalue weighted by molar-refractivity contribution is 6.18. The van der Waals surface area contributed by atoms with Gasteiger partial charge in [0.1, 0.15) is 5.58 Å². The maximum Gasteiger partial charge on any atom is 0.159 e. The summed E-state index contributed by atoms with van der Waals surface area (Å²) in [6.07, 6.45) is 0. The molecular formula is C111H72N6O. The highest BCUT2D eigenvalue weighted by Crippen LogP contribution is 2.51. The van der Waals surface area contributed by atoms with Crippen molar-refractivity contribution < 1.29 is 4.42 Å². The van der Waals surface area contributed by atoms with Gasteiger partial charge in [0.2, 0.25) is 0 Å². The molecule has 0 radical (unpaired) electrons.